The van der Waals surface area contributed by atoms with Crippen LogP contribution in [-0.2, 0) is 10.7 Å². The van der Waals surface area contributed by atoms with E-state index >= 15 is 0 Å². The van der Waals surface area contributed by atoms with Crippen LogP contribution in [0.4, 0.5) is 8.78 Å². The van der Waals surface area contributed by atoms with Gasteiger partial charge in [0.15, 0.2) is 0 Å². The summed E-state index contributed by atoms with van der Waals surface area (Å²) in [5, 5.41) is 0. The quantitative estimate of drug-likeness (QED) is 0.725. The molecule has 0 aliphatic carbocycles. The zero-order valence-corrected chi connectivity index (χ0v) is 8.79. The maximum Gasteiger partial charge on any atom is 0.288 e. The second-order valence-corrected chi connectivity index (χ2v) is 3.03. The molecular formula is C10H12F2N2O. The number of allylic oxidation sites excluding steroid dienone is 1. The molecule has 0 amide bonds. The normalized spacial score (nSPS) is 12.7. The number of methoxy groups -OCH3 is 1. The van der Waals surface area contributed by atoms with E-state index in [-0.39, 0.29) is 5.69 Å². The minimum atomic E-state index is -2.96. The van der Waals surface area contributed by atoms with Crippen molar-refractivity contribution in [3.8, 4) is 0 Å². The molecule has 1 aromatic rings. The molecule has 3 nitrogen and oxygen atoms in total. The van der Waals surface area contributed by atoms with E-state index in [9.17, 15) is 8.78 Å². The number of halogens is 2. The van der Waals surface area contributed by atoms with Crippen molar-refractivity contribution < 1.29 is 13.5 Å². The summed E-state index contributed by atoms with van der Waals surface area (Å²) in [5.74, 6) is -2.46. The van der Waals surface area contributed by atoms with Gasteiger partial charge >= 0.3 is 0 Å². The third-order valence-corrected chi connectivity index (χ3v) is 1.84. The van der Waals surface area contributed by atoms with Gasteiger partial charge in [-0.3, -0.25) is 4.98 Å². The molecule has 1 rings (SSSR count). The Kier molecular flexibility index (Phi) is 3.34. The standard InChI is InChI=1S/C10H12F2N2O/c1-4-8(15-3)7-5-14-9(6-13-7)10(2,11)12/h4-6H,1-3H3. The van der Waals surface area contributed by atoms with E-state index < -0.39 is 5.92 Å². The van der Waals surface area contributed by atoms with E-state index in [0.717, 1.165) is 13.1 Å². The maximum absolute atomic E-state index is 12.8. The van der Waals surface area contributed by atoms with Crippen LogP contribution in [0.1, 0.15) is 25.2 Å². The van der Waals surface area contributed by atoms with Gasteiger partial charge in [0.05, 0.1) is 19.5 Å². The molecule has 0 atom stereocenters. The Bertz CT molecular complexity index is 355. The van der Waals surface area contributed by atoms with Crippen molar-refractivity contribution in [2.75, 3.05) is 7.11 Å². The first kappa shape index (κ1) is 11.6. The minimum absolute atomic E-state index is 0.349. The molecule has 0 aliphatic heterocycles. The zero-order chi connectivity index (χ0) is 11.5. The van der Waals surface area contributed by atoms with Crippen molar-refractivity contribution in [2.24, 2.45) is 0 Å². The van der Waals surface area contributed by atoms with Crippen molar-refractivity contribution in [2.45, 2.75) is 19.8 Å². The first-order valence-electron chi connectivity index (χ1n) is 4.40. The van der Waals surface area contributed by atoms with Crippen LogP contribution in [0.25, 0.3) is 5.76 Å². The summed E-state index contributed by atoms with van der Waals surface area (Å²) in [6.07, 6.45) is 4.01. The summed E-state index contributed by atoms with van der Waals surface area (Å²) >= 11 is 0. The van der Waals surface area contributed by atoms with Crippen molar-refractivity contribution >= 4 is 5.76 Å². The second-order valence-electron chi connectivity index (χ2n) is 3.03. The fourth-order valence-corrected chi connectivity index (χ4v) is 1.05. The van der Waals surface area contributed by atoms with Gasteiger partial charge in [0, 0.05) is 6.92 Å². The maximum atomic E-state index is 12.8. The van der Waals surface area contributed by atoms with Crippen LogP contribution in [0.2, 0.25) is 0 Å². The van der Waals surface area contributed by atoms with E-state index in [0.29, 0.717) is 11.5 Å². The van der Waals surface area contributed by atoms with Crippen LogP contribution < -0.4 is 0 Å². The molecule has 0 spiro atoms. The Morgan fingerprint density at radius 3 is 2.40 bits per heavy atom. The zero-order valence-electron chi connectivity index (χ0n) is 8.79. The van der Waals surface area contributed by atoms with E-state index in [1.165, 1.54) is 13.3 Å². The van der Waals surface area contributed by atoms with Gasteiger partial charge in [-0.25, -0.2) is 4.98 Å². The monoisotopic (exact) mass is 214 g/mol. The fraction of sp³-hybridized carbons (Fsp3) is 0.400. The van der Waals surface area contributed by atoms with Crippen LogP contribution in [0, 0.1) is 0 Å². The van der Waals surface area contributed by atoms with Crippen molar-refractivity contribution in [3.63, 3.8) is 0 Å². The molecule has 15 heavy (non-hydrogen) atoms. The van der Waals surface area contributed by atoms with Crippen LogP contribution in [0.15, 0.2) is 18.5 Å². The molecule has 0 saturated carbocycles. The van der Waals surface area contributed by atoms with E-state index in [4.69, 9.17) is 4.74 Å². The highest BCUT2D eigenvalue weighted by atomic mass is 19.3. The van der Waals surface area contributed by atoms with E-state index in [1.54, 1.807) is 13.0 Å². The molecule has 82 valence electrons. The fourth-order valence-electron chi connectivity index (χ4n) is 1.05. The molecule has 0 aliphatic rings. The van der Waals surface area contributed by atoms with Gasteiger partial charge in [0.1, 0.15) is 17.1 Å². The summed E-state index contributed by atoms with van der Waals surface area (Å²) in [6.45, 7) is 2.55. The van der Waals surface area contributed by atoms with Gasteiger partial charge in [0.2, 0.25) is 0 Å². The average Bonchev–Trinajstić information content (AvgIpc) is 2.19. The summed E-state index contributed by atoms with van der Waals surface area (Å²) in [6, 6.07) is 0. The van der Waals surface area contributed by atoms with Crippen LogP contribution in [0.5, 0.6) is 0 Å². The molecule has 1 aromatic heterocycles. The van der Waals surface area contributed by atoms with E-state index in [2.05, 4.69) is 9.97 Å². The molecule has 0 bridgehead atoms. The Balaban J connectivity index is 3.00. The highest BCUT2D eigenvalue weighted by Crippen LogP contribution is 2.24. The molecule has 5 heteroatoms. The lowest BCUT2D eigenvalue weighted by Crippen LogP contribution is -2.10. The number of hydrogen-bond donors (Lipinski definition) is 0. The predicted octanol–water partition coefficient (Wildman–Crippen LogP) is 2.60. The first-order valence-corrected chi connectivity index (χ1v) is 4.40. The Hall–Kier alpha value is -1.52. The molecule has 0 fully saturated rings. The topological polar surface area (TPSA) is 35.0 Å². The van der Waals surface area contributed by atoms with Crippen LogP contribution in [0.3, 0.4) is 0 Å². The van der Waals surface area contributed by atoms with Gasteiger partial charge in [-0.2, -0.15) is 8.78 Å². The van der Waals surface area contributed by atoms with Gasteiger partial charge in [0.25, 0.3) is 5.92 Å². The average molecular weight is 214 g/mol. The molecule has 0 N–H and O–H groups in total. The second kappa shape index (κ2) is 4.33. The predicted molar refractivity (Wildman–Crippen MR) is 52.3 cm³/mol. The number of alkyl halides is 2. The highest BCUT2D eigenvalue weighted by Gasteiger charge is 2.26. The number of hydrogen-bond acceptors (Lipinski definition) is 3. The third-order valence-electron chi connectivity index (χ3n) is 1.84. The lowest BCUT2D eigenvalue weighted by Gasteiger charge is -2.09. The number of rotatable bonds is 3. The smallest absolute Gasteiger partial charge is 0.288 e. The molecule has 0 saturated heterocycles. The Morgan fingerprint density at radius 2 is 2.07 bits per heavy atom. The SMILES string of the molecule is CC=C(OC)c1cnc(C(C)(F)F)cn1. The van der Waals surface area contributed by atoms with Gasteiger partial charge in [-0.15, -0.1) is 0 Å². The lowest BCUT2D eigenvalue weighted by molar-refractivity contribution is 0.0123. The molecule has 0 unspecified atom stereocenters. The number of nitrogens with zero attached hydrogens (tertiary/aromatic N) is 2. The minimum Gasteiger partial charge on any atom is -0.495 e. The molecular weight excluding hydrogens is 202 g/mol. The van der Waals surface area contributed by atoms with Gasteiger partial charge in [-0.1, -0.05) is 0 Å². The van der Waals surface area contributed by atoms with Crippen molar-refractivity contribution in [1.82, 2.24) is 9.97 Å². The Labute approximate surface area is 86.8 Å². The number of aromatic nitrogens is 2. The summed E-state index contributed by atoms with van der Waals surface area (Å²) in [7, 11) is 1.49. The lowest BCUT2D eigenvalue weighted by atomic mass is 10.2. The summed E-state index contributed by atoms with van der Waals surface area (Å²) in [4.78, 5) is 7.48. The number of ether oxygens (including phenoxy) is 1. The molecule has 0 aromatic carbocycles. The first-order chi connectivity index (χ1) is 6.99. The van der Waals surface area contributed by atoms with Gasteiger partial charge < -0.3 is 4.74 Å². The molecule has 1 heterocycles. The van der Waals surface area contributed by atoms with Gasteiger partial charge in [-0.05, 0) is 13.0 Å². The largest absolute Gasteiger partial charge is 0.495 e. The van der Waals surface area contributed by atoms with Crippen LogP contribution >= 0.6 is 0 Å². The summed E-state index contributed by atoms with van der Waals surface area (Å²) < 4.78 is 30.6. The molecule has 0 radical (unpaired) electrons. The van der Waals surface area contributed by atoms with Crippen molar-refractivity contribution in [3.05, 3.63) is 29.9 Å². The highest BCUT2D eigenvalue weighted by molar-refractivity contribution is 5.54. The summed E-state index contributed by atoms with van der Waals surface area (Å²) in [5.41, 5.74) is 0.0887. The third kappa shape index (κ3) is 2.71. The van der Waals surface area contributed by atoms with Crippen molar-refractivity contribution in [1.29, 1.82) is 0 Å². The van der Waals surface area contributed by atoms with E-state index in [1.807, 2.05) is 0 Å². The van der Waals surface area contributed by atoms with Crippen LogP contribution in [-0.4, -0.2) is 17.1 Å². The Morgan fingerprint density at radius 1 is 1.40 bits per heavy atom.